The zero-order valence-electron chi connectivity index (χ0n) is 58.0. The maximum Gasteiger partial charge on any atom is 0.332 e. The second-order valence-corrected chi connectivity index (χ2v) is 17.6. The molecule has 32 heteroatoms. The van der Waals surface area contributed by atoms with Gasteiger partial charge in [-0.2, -0.15) is 0 Å². The lowest BCUT2D eigenvalue weighted by atomic mass is 10.4. The SMILES string of the molecule is C=C(C)C(=O)O.C=C(C)C(=O)O.C=C(C)C(=O)O.C=C(C)C(=O)O.C=C(C)C(=O)O.C=C(C)C(=O)O.C=C(C)C(=O)O.C=C(C)C(=O)O.C=C(C)C(=O)O.C=C(C)C(=O)O.C=C(C)C(=O)O.C=C(C)C(=O)O.C=C(C)C(=O)O.C=C(C)C(=O)O.C=C(C)C(=O)O.C=C(C)C(=O)OC. The average Bonchev–Trinajstić information content (AvgIpc) is 3.52. The summed E-state index contributed by atoms with van der Waals surface area (Å²) in [5.74, 6) is -14.4. The van der Waals surface area contributed by atoms with Crippen LogP contribution in [-0.4, -0.2) is 179 Å². The molecule has 0 aromatic heterocycles. The van der Waals surface area contributed by atoms with Gasteiger partial charge in [0.2, 0.25) is 0 Å². The van der Waals surface area contributed by atoms with Crippen molar-refractivity contribution in [3.05, 3.63) is 194 Å². The number of esters is 1. The Hall–Kier alpha value is -12.6. The molecule has 0 aliphatic rings. The van der Waals surface area contributed by atoms with E-state index in [1.807, 2.05) is 0 Å². The van der Waals surface area contributed by atoms with Crippen LogP contribution in [0.15, 0.2) is 194 Å². The maximum atomic E-state index is 10.2. The van der Waals surface area contributed by atoms with E-state index in [1.165, 1.54) is 111 Å². The second kappa shape index (κ2) is 79.5. The Kier molecular flexibility index (Phi) is 103. The molecule has 0 bridgehead atoms. The first-order valence-corrected chi connectivity index (χ1v) is 24.9. The Balaban J connectivity index is -0.0000000515. The maximum absolute atomic E-state index is 10.2. The first-order valence-electron chi connectivity index (χ1n) is 24.9. The van der Waals surface area contributed by atoms with Crippen molar-refractivity contribution in [3.8, 4) is 0 Å². The van der Waals surface area contributed by atoms with E-state index in [4.69, 9.17) is 76.6 Å². The average molecular weight is 1390 g/mol. The molecule has 0 unspecified atom stereocenters. The molecule has 0 aromatic rings. The number of carbonyl (C=O) groups excluding carboxylic acids is 1. The van der Waals surface area contributed by atoms with Gasteiger partial charge in [-0.05, 0) is 111 Å². The molecule has 550 valence electrons. The highest BCUT2D eigenvalue weighted by Gasteiger charge is 1.98. The number of methoxy groups -OCH3 is 1. The number of rotatable bonds is 16. The van der Waals surface area contributed by atoms with Crippen LogP contribution >= 0.6 is 0 Å². The van der Waals surface area contributed by atoms with Gasteiger partial charge in [0.05, 0.1) is 7.11 Å². The van der Waals surface area contributed by atoms with Gasteiger partial charge in [0.15, 0.2) is 0 Å². The van der Waals surface area contributed by atoms with Crippen molar-refractivity contribution in [3.63, 3.8) is 0 Å². The smallest absolute Gasteiger partial charge is 0.332 e. The Bertz CT molecular complexity index is 2010. The minimum atomic E-state index is -0.935. The second-order valence-electron chi connectivity index (χ2n) is 17.6. The van der Waals surface area contributed by atoms with Gasteiger partial charge in [0.25, 0.3) is 0 Å². The molecular weight excluding hydrogens is 1290 g/mol. The van der Waals surface area contributed by atoms with Gasteiger partial charge in [-0.25, -0.2) is 76.7 Å². The van der Waals surface area contributed by atoms with E-state index in [2.05, 4.69) is 110 Å². The van der Waals surface area contributed by atoms with E-state index in [9.17, 15) is 76.7 Å². The minimum absolute atomic E-state index is 0.176. The number of aliphatic carboxylic acids is 15. The molecule has 0 aliphatic heterocycles. The van der Waals surface area contributed by atoms with E-state index in [-0.39, 0.29) is 89.6 Å². The van der Waals surface area contributed by atoms with Gasteiger partial charge in [-0.1, -0.05) is 105 Å². The van der Waals surface area contributed by atoms with E-state index in [0.29, 0.717) is 5.57 Å². The molecule has 0 aliphatic carbocycles. The highest BCUT2D eigenvalue weighted by molar-refractivity contribution is 5.90. The molecule has 0 aromatic carbocycles. The van der Waals surface area contributed by atoms with Crippen LogP contribution < -0.4 is 0 Å². The third-order valence-electron chi connectivity index (χ3n) is 6.01. The molecular formula is C65H98O32. The summed E-state index contributed by atoms with van der Waals surface area (Å²) in [5, 5.41) is 118. The van der Waals surface area contributed by atoms with Crippen LogP contribution in [0, 0.1) is 0 Å². The fourth-order valence-electron chi connectivity index (χ4n) is 0.174. The van der Waals surface area contributed by atoms with Crippen molar-refractivity contribution in [1.29, 1.82) is 0 Å². The number of carbonyl (C=O) groups is 16. The molecule has 0 saturated heterocycles. The lowest BCUT2D eigenvalue weighted by Gasteiger charge is -1.91. The Morgan fingerprint density at radius 3 is 0.196 bits per heavy atom. The summed E-state index contributed by atoms with van der Waals surface area (Å²) in [6.07, 6.45) is 0. The van der Waals surface area contributed by atoms with Gasteiger partial charge >= 0.3 is 95.5 Å². The summed E-state index contributed by atoms with van der Waals surface area (Å²) in [6, 6.07) is 0. The standard InChI is InChI=1S/C5H8O2.15C4H6O2/c1-4(2)5(6)7-3;15*1-3(2)4(5)6/h1H2,2-3H3;15*1H2,2H3,(H,5,6). The van der Waals surface area contributed by atoms with Crippen LogP contribution in [0.2, 0.25) is 0 Å². The first kappa shape index (κ1) is 125. The summed E-state index contributed by atoms with van der Waals surface area (Å²) < 4.78 is 4.27. The summed E-state index contributed by atoms with van der Waals surface area (Å²) in [4.78, 5) is 154. The molecule has 0 spiro atoms. The van der Waals surface area contributed by atoms with Crippen LogP contribution in [0.25, 0.3) is 0 Å². The zero-order valence-corrected chi connectivity index (χ0v) is 58.0. The fraction of sp³-hybridized carbons (Fsp3) is 0.262. The van der Waals surface area contributed by atoms with Gasteiger partial charge < -0.3 is 81.3 Å². The fourth-order valence-corrected chi connectivity index (χ4v) is 0.174. The third-order valence-corrected chi connectivity index (χ3v) is 6.01. The van der Waals surface area contributed by atoms with Gasteiger partial charge in [0.1, 0.15) is 0 Å². The summed E-state index contributed by atoms with van der Waals surface area (Å²) in [6.45, 7) is 74.0. The van der Waals surface area contributed by atoms with E-state index >= 15 is 0 Å². The molecule has 0 heterocycles. The highest BCUT2D eigenvalue weighted by Crippen LogP contribution is 1.89. The van der Waals surface area contributed by atoms with Crippen LogP contribution in [0.5, 0.6) is 0 Å². The zero-order chi connectivity index (χ0) is 83.2. The summed E-state index contributed by atoms with van der Waals surface area (Å²) in [7, 11) is 1.33. The minimum Gasteiger partial charge on any atom is -0.478 e. The van der Waals surface area contributed by atoms with Crippen molar-refractivity contribution in [2.75, 3.05) is 7.11 Å². The van der Waals surface area contributed by atoms with E-state index in [1.54, 1.807) is 6.92 Å². The van der Waals surface area contributed by atoms with Crippen molar-refractivity contribution < 1.29 is 158 Å². The van der Waals surface area contributed by atoms with Crippen molar-refractivity contribution >= 4 is 95.5 Å². The number of carboxylic acids is 15. The van der Waals surface area contributed by atoms with Gasteiger partial charge in [-0.15, -0.1) is 0 Å². The lowest BCUT2D eigenvalue weighted by Crippen LogP contribution is -1.98. The van der Waals surface area contributed by atoms with Crippen LogP contribution in [0.4, 0.5) is 0 Å². The molecule has 0 amide bonds. The molecule has 0 radical (unpaired) electrons. The molecule has 0 fully saturated rings. The monoisotopic (exact) mass is 1390 g/mol. The predicted octanol–water partition coefficient (Wildman–Crippen LogP) is 10.4. The van der Waals surface area contributed by atoms with Crippen molar-refractivity contribution in [2.45, 2.75) is 111 Å². The Labute approximate surface area is 564 Å². The van der Waals surface area contributed by atoms with E-state index < -0.39 is 89.5 Å². The number of hydrogen-bond acceptors (Lipinski definition) is 17. The van der Waals surface area contributed by atoms with Crippen LogP contribution in [-0.2, 0) is 81.4 Å². The molecule has 0 rings (SSSR count). The summed E-state index contributed by atoms with van der Waals surface area (Å²) >= 11 is 0. The van der Waals surface area contributed by atoms with Crippen molar-refractivity contribution in [1.82, 2.24) is 0 Å². The number of carboxylic acid groups (broad SMARTS) is 15. The normalized spacial score (nSPS) is 7.52. The molecule has 32 nitrogen and oxygen atoms in total. The molecule has 0 atom stereocenters. The molecule has 15 N–H and O–H groups in total. The topological polar surface area (TPSA) is 586 Å². The van der Waals surface area contributed by atoms with Gasteiger partial charge in [-0.3, -0.25) is 0 Å². The Morgan fingerprint density at radius 1 is 0.155 bits per heavy atom. The summed E-state index contributed by atoms with van der Waals surface area (Å²) in [5.41, 5.74) is 3.07. The van der Waals surface area contributed by atoms with Crippen molar-refractivity contribution in [2.24, 2.45) is 0 Å². The lowest BCUT2D eigenvalue weighted by molar-refractivity contribution is -0.136. The highest BCUT2D eigenvalue weighted by atomic mass is 16.5. The predicted molar refractivity (Wildman–Crippen MR) is 364 cm³/mol. The number of ether oxygens (including phenoxy) is 1. The Morgan fingerprint density at radius 2 is 0.196 bits per heavy atom. The molecule has 97 heavy (non-hydrogen) atoms. The quantitative estimate of drug-likeness (QED) is 0.0504. The first-order chi connectivity index (χ1) is 42.8. The van der Waals surface area contributed by atoms with Crippen LogP contribution in [0.1, 0.15) is 111 Å². The van der Waals surface area contributed by atoms with E-state index in [0.717, 1.165) is 0 Å². The van der Waals surface area contributed by atoms with Gasteiger partial charge in [0, 0.05) is 89.2 Å². The van der Waals surface area contributed by atoms with Crippen LogP contribution in [0.3, 0.4) is 0 Å². The number of hydrogen-bond donors (Lipinski definition) is 15. The molecule has 0 saturated carbocycles. The third kappa shape index (κ3) is 194. The largest absolute Gasteiger partial charge is 0.478 e.